The molecule has 0 fully saturated rings. The first kappa shape index (κ1) is 19.9. The highest BCUT2D eigenvalue weighted by Crippen LogP contribution is 2.29. The normalized spacial score (nSPS) is 11.1. The molecule has 9 heteroatoms. The minimum atomic E-state index is -4.45. The molecule has 0 aromatic heterocycles. The molecule has 138 valence electrons. The molecule has 0 radical (unpaired) electrons. The smallest absolute Gasteiger partial charge is 0.351 e. The lowest BCUT2D eigenvalue weighted by atomic mass is 10.2. The Bertz CT molecular complexity index is 807. The van der Waals surface area contributed by atoms with E-state index in [0.717, 1.165) is 30.3 Å². The van der Waals surface area contributed by atoms with E-state index in [1.165, 1.54) is 12.1 Å². The number of rotatable bonds is 5. The van der Waals surface area contributed by atoms with Crippen molar-refractivity contribution in [1.29, 1.82) is 0 Å². The second-order valence-corrected chi connectivity index (χ2v) is 6.11. The maximum Gasteiger partial charge on any atom is 0.416 e. The zero-order chi connectivity index (χ0) is 19.3. The zero-order valence-electron chi connectivity index (χ0n) is 13.2. The van der Waals surface area contributed by atoms with Crippen LogP contribution < -0.4 is 10.6 Å². The molecule has 0 aliphatic carbocycles. The highest BCUT2D eigenvalue weighted by atomic mass is 79.9. The summed E-state index contributed by atoms with van der Waals surface area (Å²) in [4.78, 5) is 23.7. The fourth-order valence-corrected chi connectivity index (χ4v) is 2.45. The average molecular weight is 433 g/mol. The van der Waals surface area contributed by atoms with Crippen LogP contribution in [-0.4, -0.2) is 18.4 Å². The van der Waals surface area contributed by atoms with Crippen LogP contribution in [0.3, 0.4) is 0 Å². The minimum Gasteiger partial charge on any atom is -0.351 e. The molecular formula is C17H13BrF4N2O2. The van der Waals surface area contributed by atoms with E-state index in [-0.39, 0.29) is 24.2 Å². The molecule has 2 amide bonds. The molecule has 4 nitrogen and oxygen atoms in total. The third-order valence-electron chi connectivity index (χ3n) is 3.31. The Morgan fingerprint density at radius 1 is 1.04 bits per heavy atom. The molecule has 0 aliphatic rings. The number of carbonyl (C=O) groups is 2. The van der Waals surface area contributed by atoms with Crippen molar-refractivity contribution in [3.8, 4) is 0 Å². The predicted molar refractivity (Wildman–Crippen MR) is 91.1 cm³/mol. The Hall–Kier alpha value is -2.42. The van der Waals surface area contributed by atoms with E-state index in [1.54, 1.807) is 0 Å². The minimum absolute atomic E-state index is 0.0196. The Labute approximate surface area is 154 Å². The van der Waals surface area contributed by atoms with Crippen molar-refractivity contribution in [2.45, 2.75) is 12.6 Å². The molecule has 0 saturated carbocycles. The number of benzene rings is 2. The quantitative estimate of drug-likeness (QED) is 0.689. The number of anilines is 1. The van der Waals surface area contributed by atoms with Gasteiger partial charge >= 0.3 is 6.18 Å². The van der Waals surface area contributed by atoms with Gasteiger partial charge in [-0.05, 0) is 58.4 Å². The van der Waals surface area contributed by atoms with Gasteiger partial charge in [-0.3, -0.25) is 9.59 Å². The van der Waals surface area contributed by atoms with Crippen LogP contribution in [0, 0.1) is 5.82 Å². The van der Waals surface area contributed by atoms with Gasteiger partial charge in [0.25, 0.3) is 5.91 Å². The summed E-state index contributed by atoms with van der Waals surface area (Å²) in [6, 6.07) is 7.64. The van der Waals surface area contributed by atoms with E-state index in [9.17, 15) is 27.2 Å². The second kappa shape index (κ2) is 8.31. The maximum atomic E-state index is 13.2. The predicted octanol–water partition coefficient (Wildman–Crippen LogP) is 4.37. The molecule has 2 aromatic rings. The number of amides is 2. The fourth-order valence-electron chi connectivity index (χ4n) is 2.02. The topological polar surface area (TPSA) is 58.2 Å². The summed E-state index contributed by atoms with van der Waals surface area (Å²) in [5.41, 5.74) is -0.515. The van der Waals surface area contributed by atoms with Gasteiger partial charge < -0.3 is 10.6 Å². The van der Waals surface area contributed by atoms with E-state index in [1.807, 2.05) is 0 Å². The first-order valence-corrected chi connectivity index (χ1v) is 8.16. The van der Waals surface area contributed by atoms with E-state index < -0.39 is 29.4 Å². The number of carbonyl (C=O) groups excluding carboxylic acids is 2. The third-order valence-corrected chi connectivity index (χ3v) is 4.00. The van der Waals surface area contributed by atoms with Gasteiger partial charge in [0.1, 0.15) is 5.82 Å². The van der Waals surface area contributed by atoms with Crippen molar-refractivity contribution >= 4 is 33.4 Å². The monoisotopic (exact) mass is 432 g/mol. The van der Waals surface area contributed by atoms with Gasteiger partial charge in [-0.15, -0.1) is 0 Å². The Morgan fingerprint density at radius 3 is 2.31 bits per heavy atom. The number of hydrogen-bond acceptors (Lipinski definition) is 2. The second-order valence-electron chi connectivity index (χ2n) is 5.25. The Morgan fingerprint density at radius 2 is 1.69 bits per heavy atom. The van der Waals surface area contributed by atoms with Crippen molar-refractivity contribution in [2.24, 2.45) is 0 Å². The molecule has 26 heavy (non-hydrogen) atoms. The standard InChI is InChI=1S/C17H13BrF4N2O2/c18-14-6-3-11(19)9-13(14)16(26)23-8-7-15(25)24-12-4-1-10(2-5-12)17(20,21)22/h1-6,9H,7-8H2,(H,23,26)(H,24,25). The van der Waals surface area contributed by atoms with Crippen LogP contribution in [0.25, 0.3) is 0 Å². The van der Waals surface area contributed by atoms with Gasteiger partial charge in [0.15, 0.2) is 0 Å². The Kier molecular flexibility index (Phi) is 6.36. The van der Waals surface area contributed by atoms with Gasteiger partial charge in [0, 0.05) is 23.1 Å². The zero-order valence-corrected chi connectivity index (χ0v) is 14.7. The molecule has 0 unspecified atom stereocenters. The molecule has 2 N–H and O–H groups in total. The maximum absolute atomic E-state index is 13.2. The van der Waals surface area contributed by atoms with Crippen molar-refractivity contribution in [2.75, 3.05) is 11.9 Å². The van der Waals surface area contributed by atoms with Crippen LogP contribution in [0.5, 0.6) is 0 Å². The van der Waals surface area contributed by atoms with Crippen molar-refractivity contribution in [1.82, 2.24) is 5.32 Å². The van der Waals surface area contributed by atoms with Gasteiger partial charge in [-0.1, -0.05) is 0 Å². The summed E-state index contributed by atoms with van der Waals surface area (Å²) in [6.45, 7) is -0.0196. The SMILES string of the molecule is O=C(CCNC(=O)c1cc(F)ccc1Br)Nc1ccc(C(F)(F)F)cc1. The summed E-state index contributed by atoms with van der Waals surface area (Å²) in [6.07, 6.45) is -4.54. The van der Waals surface area contributed by atoms with Crippen LogP contribution in [0.1, 0.15) is 22.3 Å². The molecule has 0 saturated heterocycles. The number of nitrogens with one attached hydrogen (secondary N) is 2. The molecule has 0 aliphatic heterocycles. The van der Waals surface area contributed by atoms with Crippen molar-refractivity contribution < 1.29 is 27.2 Å². The van der Waals surface area contributed by atoms with Crippen molar-refractivity contribution in [3.63, 3.8) is 0 Å². The van der Waals surface area contributed by atoms with Gasteiger partial charge in [0.05, 0.1) is 11.1 Å². The van der Waals surface area contributed by atoms with Crippen LogP contribution in [0.15, 0.2) is 46.9 Å². The van der Waals surface area contributed by atoms with Gasteiger partial charge in [0.2, 0.25) is 5.91 Å². The lowest BCUT2D eigenvalue weighted by Crippen LogP contribution is -2.28. The van der Waals surface area contributed by atoms with E-state index in [2.05, 4.69) is 26.6 Å². The molecule has 0 bridgehead atoms. The lowest BCUT2D eigenvalue weighted by molar-refractivity contribution is -0.137. The molecule has 2 rings (SSSR count). The highest BCUT2D eigenvalue weighted by molar-refractivity contribution is 9.10. The van der Waals surface area contributed by atoms with E-state index >= 15 is 0 Å². The molecule has 0 atom stereocenters. The van der Waals surface area contributed by atoms with Gasteiger partial charge in [-0.25, -0.2) is 4.39 Å². The summed E-state index contributed by atoms with van der Waals surface area (Å²) in [5.74, 6) is -1.61. The number of hydrogen-bond donors (Lipinski definition) is 2. The van der Waals surface area contributed by atoms with Crippen LogP contribution in [0.4, 0.5) is 23.2 Å². The summed E-state index contributed by atoms with van der Waals surface area (Å²) in [7, 11) is 0. The first-order chi connectivity index (χ1) is 12.2. The molecule has 0 heterocycles. The summed E-state index contributed by atoms with van der Waals surface area (Å²) < 4.78 is 51.0. The van der Waals surface area contributed by atoms with Crippen LogP contribution >= 0.6 is 15.9 Å². The Balaban J connectivity index is 1.83. The third kappa shape index (κ3) is 5.55. The van der Waals surface area contributed by atoms with Gasteiger partial charge in [-0.2, -0.15) is 13.2 Å². The van der Waals surface area contributed by atoms with Crippen LogP contribution in [0.2, 0.25) is 0 Å². The summed E-state index contributed by atoms with van der Waals surface area (Å²) in [5, 5.41) is 4.90. The molecule has 2 aromatic carbocycles. The summed E-state index contributed by atoms with van der Waals surface area (Å²) >= 11 is 3.13. The lowest BCUT2D eigenvalue weighted by Gasteiger charge is -2.09. The molecular weight excluding hydrogens is 420 g/mol. The van der Waals surface area contributed by atoms with E-state index in [0.29, 0.717) is 4.47 Å². The van der Waals surface area contributed by atoms with Crippen LogP contribution in [-0.2, 0) is 11.0 Å². The number of halogens is 5. The largest absolute Gasteiger partial charge is 0.416 e. The number of alkyl halides is 3. The van der Waals surface area contributed by atoms with Crippen molar-refractivity contribution in [3.05, 3.63) is 63.9 Å². The average Bonchev–Trinajstić information content (AvgIpc) is 2.56. The molecule has 0 spiro atoms. The van der Waals surface area contributed by atoms with E-state index in [4.69, 9.17) is 0 Å². The fraction of sp³-hybridized carbons (Fsp3) is 0.176. The first-order valence-electron chi connectivity index (χ1n) is 7.37. The highest BCUT2D eigenvalue weighted by Gasteiger charge is 2.29.